The Labute approximate surface area is 149 Å². The molecule has 6 nitrogen and oxygen atoms in total. The second-order valence-corrected chi connectivity index (χ2v) is 5.73. The van der Waals surface area contributed by atoms with Gasteiger partial charge in [0.1, 0.15) is 16.1 Å². The van der Waals surface area contributed by atoms with Gasteiger partial charge in [-0.05, 0) is 53.2 Å². The molecule has 0 saturated carbocycles. The van der Waals surface area contributed by atoms with Crippen molar-refractivity contribution in [3.8, 4) is 17.2 Å². The van der Waals surface area contributed by atoms with Crippen LogP contribution in [0.5, 0.6) is 17.2 Å². The van der Waals surface area contributed by atoms with E-state index in [0.717, 1.165) is 5.56 Å². The number of halogens is 1. The van der Waals surface area contributed by atoms with Gasteiger partial charge in [0.15, 0.2) is 12.4 Å². The maximum absolute atomic E-state index is 12.1. The number of aromatic nitrogens is 1. The first-order chi connectivity index (χ1) is 11.5. The average Bonchev–Trinajstić information content (AvgIpc) is 2.60. The lowest BCUT2D eigenvalue weighted by Gasteiger charge is -2.18. The summed E-state index contributed by atoms with van der Waals surface area (Å²) in [6, 6.07) is 8.66. The number of carbonyl (C=O) groups excluding carboxylic acids is 1. The topological polar surface area (TPSA) is 69.7 Å². The number of amides is 1. The normalized spacial score (nSPS) is 11.5. The van der Waals surface area contributed by atoms with Crippen molar-refractivity contribution in [1.82, 2.24) is 10.3 Å². The summed E-state index contributed by atoms with van der Waals surface area (Å²) >= 11 is 3.27. The molecule has 0 spiro atoms. The van der Waals surface area contributed by atoms with E-state index < -0.39 is 0 Å². The van der Waals surface area contributed by atoms with Crippen LogP contribution in [0.2, 0.25) is 0 Å². The van der Waals surface area contributed by atoms with Gasteiger partial charge in [-0.3, -0.25) is 4.79 Å². The second-order valence-electron chi connectivity index (χ2n) is 4.98. The lowest BCUT2D eigenvalue weighted by atomic mass is 10.1. The number of benzene rings is 1. The summed E-state index contributed by atoms with van der Waals surface area (Å²) < 4.78 is 16.6. The lowest BCUT2D eigenvalue weighted by molar-refractivity contribution is -0.123. The van der Waals surface area contributed by atoms with Crippen LogP contribution in [0.4, 0.5) is 0 Å². The molecule has 0 bridgehead atoms. The van der Waals surface area contributed by atoms with Crippen LogP contribution in [0, 0.1) is 0 Å². The van der Waals surface area contributed by atoms with E-state index in [1.54, 1.807) is 44.7 Å². The summed E-state index contributed by atoms with van der Waals surface area (Å²) in [5.74, 6) is 1.64. The molecule has 1 atom stereocenters. The summed E-state index contributed by atoms with van der Waals surface area (Å²) in [7, 11) is 3.18. The molecule has 24 heavy (non-hydrogen) atoms. The van der Waals surface area contributed by atoms with Gasteiger partial charge in [-0.1, -0.05) is 0 Å². The third-order valence-corrected chi connectivity index (χ3v) is 3.96. The standard InChI is InChI=1S/C17H19BrN2O4/c1-11(13-9-12(22-2)6-7-14(13)23-3)20-16(21)10-24-15-5-4-8-19-17(15)18/h4-9,11H,10H2,1-3H3,(H,20,21). The molecule has 1 aromatic heterocycles. The van der Waals surface area contributed by atoms with Gasteiger partial charge < -0.3 is 19.5 Å². The minimum Gasteiger partial charge on any atom is -0.497 e. The molecule has 2 aromatic rings. The summed E-state index contributed by atoms with van der Waals surface area (Å²) in [6.07, 6.45) is 1.63. The van der Waals surface area contributed by atoms with E-state index in [9.17, 15) is 4.79 Å². The Morgan fingerprint density at radius 1 is 1.25 bits per heavy atom. The van der Waals surface area contributed by atoms with Gasteiger partial charge in [0.2, 0.25) is 0 Å². The molecule has 0 aliphatic heterocycles. The Balaban J connectivity index is 2.00. The average molecular weight is 395 g/mol. The summed E-state index contributed by atoms with van der Waals surface area (Å²) in [5, 5.41) is 2.88. The van der Waals surface area contributed by atoms with Crippen LogP contribution < -0.4 is 19.5 Å². The molecular formula is C17H19BrN2O4. The van der Waals surface area contributed by atoms with Crippen LogP contribution >= 0.6 is 15.9 Å². The smallest absolute Gasteiger partial charge is 0.258 e. The summed E-state index contributed by atoms with van der Waals surface area (Å²) in [4.78, 5) is 16.2. The number of nitrogens with one attached hydrogen (secondary N) is 1. The number of ether oxygens (including phenoxy) is 3. The van der Waals surface area contributed by atoms with E-state index >= 15 is 0 Å². The number of hydrogen-bond acceptors (Lipinski definition) is 5. The quantitative estimate of drug-likeness (QED) is 0.730. The molecule has 0 radical (unpaired) electrons. The van der Waals surface area contributed by atoms with Crippen LogP contribution in [-0.4, -0.2) is 31.7 Å². The molecule has 0 saturated heterocycles. The Hall–Kier alpha value is -2.28. The highest BCUT2D eigenvalue weighted by Crippen LogP contribution is 2.29. The number of nitrogens with zero attached hydrogens (tertiary/aromatic N) is 1. The largest absolute Gasteiger partial charge is 0.497 e. The SMILES string of the molecule is COc1ccc(OC)c(C(C)NC(=O)COc2cccnc2Br)c1. The van der Waals surface area contributed by atoms with Gasteiger partial charge >= 0.3 is 0 Å². The molecule has 1 aromatic carbocycles. The van der Waals surface area contributed by atoms with Crippen molar-refractivity contribution in [2.75, 3.05) is 20.8 Å². The van der Waals surface area contributed by atoms with Crippen LogP contribution in [0.1, 0.15) is 18.5 Å². The molecule has 0 aliphatic rings. The predicted octanol–water partition coefficient (Wildman–Crippen LogP) is 3.12. The molecular weight excluding hydrogens is 376 g/mol. The van der Waals surface area contributed by atoms with Gasteiger partial charge in [-0.25, -0.2) is 4.98 Å². The van der Waals surface area contributed by atoms with E-state index in [1.165, 1.54) is 0 Å². The first-order valence-corrected chi connectivity index (χ1v) is 8.09. The third kappa shape index (κ3) is 4.61. The second kappa shape index (κ2) is 8.54. The van der Waals surface area contributed by atoms with Crippen LogP contribution in [0.15, 0.2) is 41.1 Å². The monoisotopic (exact) mass is 394 g/mol. The summed E-state index contributed by atoms with van der Waals surface area (Å²) in [5.41, 5.74) is 0.827. The molecule has 7 heteroatoms. The molecule has 2 rings (SSSR count). The van der Waals surface area contributed by atoms with Gasteiger partial charge in [-0.15, -0.1) is 0 Å². The maximum atomic E-state index is 12.1. The molecule has 0 aliphatic carbocycles. The fraction of sp³-hybridized carbons (Fsp3) is 0.294. The van der Waals surface area contributed by atoms with Gasteiger partial charge in [0.25, 0.3) is 5.91 Å². The zero-order valence-electron chi connectivity index (χ0n) is 13.7. The van der Waals surface area contributed by atoms with Crippen molar-refractivity contribution in [3.05, 3.63) is 46.7 Å². The third-order valence-electron chi connectivity index (χ3n) is 3.36. The highest BCUT2D eigenvalue weighted by molar-refractivity contribution is 9.10. The zero-order chi connectivity index (χ0) is 17.5. The molecule has 1 unspecified atom stereocenters. The van der Waals surface area contributed by atoms with Crippen molar-refractivity contribution >= 4 is 21.8 Å². The van der Waals surface area contributed by atoms with E-state index in [4.69, 9.17) is 14.2 Å². The van der Waals surface area contributed by atoms with E-state index in [-0.39, 0.29) is 18.6 Å². The van der Waals surface area contributed by atoms with E-state index in [1.807, 2.05) is 13.0 Å². The van der Waals surface area contributed by atoms with E-state index in [2.05, 4.69) is 26.2 Å². The zero-order valence-corrected chi connectivity index (χ0v) is 15.3. The van der Waals surface area contributed by atoms with Crippen molar-refractivity contribution in [3.63, 3.8) is 0 Å². The van der Waals surface area contributed by atoms with Crippen molar-refractivity contribution in [2.24, 2.45) is 0 Å². The van der Waals surface area contributed by atoms with Crippen LogP contribution in [0.3, 0.4) is 0 Å². The number of rotatable bonds is 7. The minimum absolute atomic E-state index is 0.110. The number of hydrogen-bond donors (Lipinski definition) is 1. The van der Waals surface area contributed by atoms with Gasteiger partial charge in [-0.2, -0.15) is 0 Å². The van der Waals surface area contributed by atoms with Crippen LogP contribution in [-0.2, 0) is 4.79 Å². The lowest BCUT2D eigenvalue weighted by Crippen LogP contribution is -2.31. The molecule has 0 fully saturated rings. The first-order valence-electron chi connectivity index (χ1n) is 7.29. The molecule has 128 valence electrons. The van der Waals surface area contributed by atoms with Crippen LogP contribution in [0.25, 0.3) is 0 Å². The summed E-state index contributed by atoms with van der Waals surface area (Å²) in [6.45, 7) is 1.76. The van der Waals surface area contributed by atoms with Crippen molar-refractivity contribution in [2.45, 2.75) is 13.0 Å². The Kier molecular flexibility index (Phi) is 6.43. The number of methoxy groups -OCH3 is 2. The highest BCUT2D eigenvalue weighted by Gasteiger charge is 2.16. The van der Waals surface area contributed by atoms with E-state index in [0.29, 0.717) is 21.9 Å². The van der Waals surface area contributed by atoms with Gasteiger partial charge in [0.05, 0.1) is 20.3 Å². The number of pyridine rings is 1. The fourth-order valence-corrected chi connectivity index (χ4v) is 2.53. The predicted molar refractivity (Wildman–Crippen MR) is 93.5 cm³/mol. The Bertz CT molecular complexity index is 709. The minimum atomic E-state index is -0.261. The Morgan fingerprint density at radius 2 is 2.04 bits per heavy atom. The molecule has 1 amide bonds. The highest BCUT2D eigenvalue weighted by atomic mass is 79.9. The van der Waals surface area contributed by atoms with Crippen molar-refractivity contribution in [1.29, 1.82) is 0 Å². The Morgan fingerprint density at radius 3 is 2.71 bits per heavy atom. The molecule has 1 heterocycles. The van der Waals surface area contributed by atoms with Crippen molar-refractivity contribution < 1.29 is 19.0 Å². The maximum Gasteiger partial charge on any atom is 0.258 e. The first kappa shape index (κ1) is 18.1. The number of carbonyl (C=O) groups is 1. The fourth-order valence-electron chi connectivity index (χ4n) is 2.16. The van der Waals surface area contributed by atoms with Gasteiger partial charge in [0, 0.05) is 11.8 Å². The molecule has 1 N–H and O–H groups in total.